The maximum absolute atomic E-state index is 11.4. The van der Waals surface area contributed by atoms with Gasteiger partial charge in [0.1, 0.15) is 11.3 Å². The molecule has 1 atom stereocenters. The lowest BCUT2D eigenvalue weighted by molar-refractivity contribution is 0.0740. The highest BCUT2D eigenvalue weighted by atomic mass is 35.5. The second kappa shape index (κ2) is 6.44. The molecule has 0 unspecified atom stereocenters. The number of fused-ring (bicyclic) bond motifs is 1. The van der Waals surface area contributed by atoms with Crippen LogP contribution in [0.4, 0.5) is 0 Å². The molecule has 3 heterocycles. The second-order valence-corrected chi connectivity index (χ2v) is 8.18. The molecular weight excluding hydrogens is 354 g/mol. The van der Waals surface area contributed by atoms with E-state index in [1.54, 1.807) is 18.5 Å². The molecule has 1 aliphatic rings. The molecule has 0 spiro atoms. The molecule has 3 rings (SSSR count). The minimum absolute atomic E-state index is 0.256. The number of halogens is 1. The van der Waals surface area contributed by atoms with E-state index in [4.69, 9.17) is 16.3 Å². The molecule has 0 radical (unpaired) electrons. The van der Waals surface area contributed by atoms with Crippen LogP contribution in [-0.2, 0) is 10.0 Å². The van der Waals surface area contributed by atoms with E-state index in [1.165, 1.54) is 10.6 Å². The van der Waals surface area contributed by atoms with Crippen molar-refractivity contribution in [1.29, 1.82) is 0 Å². The standard InChI is InChI=1S/C15H18ClN3O4S/c1-3-13(20)11-5-18-15(12-6-17-14(16)4-10(11)12)23-9-7-19(8-9)24(2,21)22/h4-6,9,13,20H,3,7-8H2,1-2H3/t13-/m0/s1. The van der Waals surface area contributed by atoms with Gasteiger partial charge in [0.25, 0.3) is 0 Å². The van der Waals surface area contributed by atoms with Crippen LogP contribution in [0.1, 0.15) is 25.0 Å². The lowest BCUT2D eigenvalue weighted by Gasteiger charge is -2.36. The van der Waals surface area contributed by atoms with Crippen molar-refractivity contribution in [2.24, 2.45) is 0 Å². The Balaban J connectivity index is 1.90. The van der Waals surface area contributed by atoms with Crippen LogP contribution in [0.3, 0.4) is 0 Å². The number of sulfonamides is 1. The van der Waals surface area contributed by atoms with Crippen LogP contribution in [0, 0.1) is 0 Å². The van der Waals surface area contributed by atoms with Crippen LogP contribution in [-0.4, -0.2) is 53.2 Å². The Morgan fingerprint density at radius 3 is 2.71 bits per heavy atom. The van der Waals surface area contributed by atoms with Crippen molar-refractivity contribution in [2.45, 2.75) is 25.6 Å². The van der Waals surface area contributed by atoms with Crippen LogP contribution < -0.4 is 4.74 Å². The molecule has 0 aromatic carbocycles. The summed E-state index contributed by atoms with van der Waals surface area (Å²) >= 11 is 5.98. The Morgan fingerprint density at radius 2 is 2.08 bits per heavy atom. The lowest BCUT2D eigenvalue weighted by Crippen LogP contribution is -2.55. The Morgan fingerprint density at radius 1 is 1.38 bits per heavy atom. The van der Waals surface area contributed by atoms with Gasteiger partial charge in [0.2, 0.25) is 15.9 Å². The summed E-state index contributed by atoms with van der Waals surface area (Å²) in [5.41, 5.74) is 0.663. The van der Waals surface area contributed by atoms with Gasteiger partial charge in [-0.05, 0) is 17.9 Å². The van der Waals surface area contributed by atoms with E-state index in [0.717, 1.165) is 5.39 Å². The molecule has 1 N–H and O–H groups in total. The fourth-order valence-electron chi connectivity index (χ4n) is 2.59. The van der Waals surface area contributed by atoms with Crippen LogP contribution in [0.15, 0.2) is 18.5 Å². The topological polar surface area (TPSA) is 92.6 Å². The summed E-state index contributed by atoms with van der Waals surface area (Å²) in [4.78, 5) is 8.34. The molecule has 0 aliphatic carbocycles. The average Bonchev–Trinajstić information content (AvgIpc) is 2.47. The van der Waals surface area contributed by atoms with E-state index in [1.807, 2.05) is 6.92 Å². The Hall–Kier alpha value is -1.48. The van der Waals surface area contributed by atoms with Gasteiger partial charge in [-0.3, -0.25) is 0 Å². The zero-order chi connectivity index (χ0) is 17.5. The molecule has 1 aliphatic heterocycles. The molecule has 0 amide bonds. The number of nitrogens with zero attached hydrogens (tertiary/aromatic N) is 3. The highest BCUT2D eigenvalue weighted by Gasteiger charge is 2.35. The van der Waals surface area contributed by atoms with Crippen LogP contribution in [0.25, 0.3) is 10.8 Å². The highest BCUT2D eigenvalue weighted by molar-refractivity contribution is 7.88. The van der Waals surface area contributed by atoms with Gasteiger partial charge >= 0.3 is 0 Å². The number of hydrogen-bond acceptors (Lipinski definition) is 6. The molecule has 0 bridgehead atoms. The molecule has 2 aromatic heterocycles. The van der Waals surface area contributed by atoms with Gasteiger partial charge < -0.3 is 9.84 Å². The molecule has 0 saturated carbocycles. The third kappa shape index (κ3) is 3.32. The third-order valence-electron chi connectivity index (χ3n) is 4.04. The number of aliphatic hydroxyl groups is 1. The highest BCUT2D eigenvalue weighted by Crippen LogP contribution is 2.33. The van der Waals surface area contributed by atoms with Gasteiger partial charge in [-0.15, -0.1) is 0 Å². The van der Waals surface area contributed by atoms with Crippen molar-refractivity contribution >= 4 is 32.4 Å². The molecule has 24 heavy (non-hydrogen) atoms. The molecular formula is C15H18ClN3O4S. The number of aromatic nitrogens is 2. The third-order valence-corrected chi connectivity index (χ3v) is 5.48. The van der Waals surface area contributed by atoms with E-state index in [-0.39, 0.29) is 6.10 Å². The maximum Gasteiger partial charge on any atom is 0.223 e. The summed E-state index contributed by atoms with van der Waals surface area (Å²) in [7, 11) is -3.19. The molecule has 7 nitrogen and oxygen atoms in total. The zero-order valence-electron chi connectivity index (χ0n) is 13.3. The minimum Gasteiger partial charge on any atom is -0.471 e. The predicted octanol–water partition coefficient (Wildman–Crippen LogP) is 1.75. The number of rotatable bonds is 5. The molecule has 1 saturated heterocycles. The van der Waals surface area contributed by atoms with E-state index in [0.29, 0.717) is 41.5 Å². The normalized spacial score (nSPS) is 17.7. The first kappa shape index (κ1) is 17.3. The Labute approximate surface area is 145 Å². The maximum atomic E-state index is 11.4. The summed E-state index contributed by atoms with van der Waals surface area (Å²) in [6.45, 7) is 2.46. The summed E-state index contributed by atoms with van der Waals surface area (Å²) in [6.07, 6.45) is 3.92. The Kier molecular flexibility index (Phi) is 4.65. The molecule has 130 valence electrons. The number of aliphatic hydroxyl groups excluding tert-OH is 1. The van der Waals surface area contributed by atoms with Crippen molar-refractivity contribution < 1.29 is 18.3 Å². The monoisotopic (exact) mass is 371 g/mol. The van der Waals surface area contributed by atoms with Crippen molar-refractivity contribution in [1.82, 2.24) is 14.3 Å². The summed E-state index contributed by atoms with van der Waals surface area (Å²) in [5.74, 6) is 0.361. The summed E-state index contributed by atoms with van der Waals surface area (Å²) in [5, 5.41) is 11.8. The van der Waals surface area contributed by atoms with Gasteiger partial charge in [-0.2, -0.15) is 4.31 Å². The van der Waals surface area contributed by atoms with Crippen LogP contribution in [0.2, 0.25) is 5.15 Å². The van der Waals surface area contributed by atoms with Gasteiger partial charge in [-0.25, -0.2) is 18.4 Å². The number of ether oxygens (including phenoxy) is 1. The summed E-state index contributed by atoms with van der Waals surface area (Å²) < 4.78 is 30.0. The SMILES string of the molecule is CC[C@H](O)c1cnc(OC2CN(S(C)(=O)=O)C2)c2cnc(Cl)cc12. The zero-order valence-corrected chi connectivity index (χ0v) is 14.9. The number of hydrogen-bond donors (Lipinski definition) is 1. The second-order valence-electron chi connectivity index (χ2n) is 5.82. The fraction of sp³-hybridized carbons (Fsp3) is 0.467. The summed E-state index contributed by atoms with van der Waals surface area (Å²) in [6, 6.07) is 1.67. The first-order valence-corrected chi connectivity index (χ1v) is 9.76. The van der Waals surface area contributed by atoms with Gasteiger partial charge in [0.05, 0.1) is 30.8 Å². The van der Waals surface area contributed by atoms with E-state index >= 15 is 0 Å². The number of pyridine rings is 2. The van der Waals surface area contributed by atoms with Crippen LogP contribution in [0.5, 0.6) is 5.88 Å². The van der Waals surface area contributed by atoms with Crippen molar-refractivity contribution in [3.63, 3.8) is 0 Å². The Bertz CT molecular complexity index is 868. The largest absolute Gasteiger partial charge is 0.471 e. The van der Waals surface area contributed by atoms with Crippen molar-refractivity contribution in [3.05, 3.63) is 29.2 Å². The van der Waals surface area contributed by atoms with E-state index in [9.17, 15) is 13.5 Å². The van der Waals surface area contributed by atoms with Crippen molar-refractivity contribution in [2.75, 3.05) is 19.3 Å². The molecule has 1 fully saturated rings. The van der Waals surface area contributed by atoms with Gasteiger partial charge in [-0.1, -0.05) is 18.5 Å². The first-order chi connectivity index (χ1) is 11.3. The minimum atomic E-state index is -3.19. The predicted molar refractivity (Wildman–Crippen MR) is 90.6 cm³/mol. The smallest absolute Gasteiger partial charge is 0.223 e. The van der Waals surface area contributed by atoms with Crippen molar-refractivity contribution in [3.8, 4) is 5.88 Å². The molecule has 2 aromatic rings. The lowest BCUT2D eigenvalue weighted by atomic mass is 10.0. The quantitative estimate of drug-likeness (QED) is 0.805. The van der Waals surface area contributed by atoms with E-state index in [2.05, 4.69) is 9.97 Å². The average molecular weight is 372 g/mol. The first-order valence-electron chi connectivity index (χ1n) is 7.53. The van der Waals surface area contributed by atoms with E-state index < -0.39 is 16.1 Å². The fourth-order valence-corrected chi connectivity index (χ4v) is 3.62. The van der Waals surface area contributed by atoms with Gasteiger partial charge in [0, 0.05) is 18.0 Å². The van der Waals surface area contributed by atoms with Gasteiger partial charge in [0.15, 0.2) is 0 Å². The molecule has 9 heteroatoms. The van der Waals surface area contributed by atoms with Crippen LogP contribution >= 0.6 is 11.6 Å².